The van der Waals surface area contributed by atoms with Crippen LogP contribution in [-0.4, -0.2) is 41.2 Å². The Bertz CT molecular complexity index is 2330. The monoisotopic (exact) mass is 651 g/mol. The van der Waals surface area contributed by atoms with Crippen LogP contribution in [0, 0.1) is 0 Å². The maximum atomic E-state index is 13.8. The Labute approximate surface area is 280 Å². The van der Waals surface area contributed by atoms with Gasteiger partial charge in [0.25, 0.3) is 11.5 Å². The molecule has 7 aromatic rings. The lowest BCUT2D eigenvalue weighted by atomic mass is 9.99. The third-order valence-electron chi connectivity index (χ3n) is 7.82. The zero-order valence-electron chi connectivity index (χ0n) is 26.6. The van der Waals surface area contributed by atoms with Gasteiger partial charge in [-0.2, -0.15) is 0 Å². The van der Waals surface area contributed by atoms with E-state index in [0.717, 1.165) is 12.1 Å². The van der Waals surface area contributed by atoms with E-state index in [9.17, 15) is 14.4 Å². The van der Waals surface area contributed by atoms with Crippen LogP contribution >= 0.6 is 0 Å². The van der Waals surface area contributed by atoms with Crippen molar-refractivity contribution in [3.05, 3.63) is 143 Å². The fourth-order valence-corrected chi connectivity index (χ4v) is 5.40. The number of aromatic nitrogens is 6. The Kier molecular flexibility index (Phi) is 9.47. The van der Waals surface area contributed by atoms with E-state index >= 15 is 0 Å². The smallest absolute Gasteiger partial charge is 0.266 e. The topological polar surface area (TPSA) is 188 Å². The number of hydrogen-bond donors (Lipinski definition) is 4. The quantitative estimate of drug-likeness (QED) is 0.121. The number of Topliss-reactive ketones (excluding diaryl/α,β-unsaturated/α-hetero) is 1. The fourth-order valence-electron chi connectivity index (χ4n) is 5.40. The van der Waals surface area contributed by atoms with Crippen LogP contribution in [0.4, 0.5) is 17.2 Å². The summed E-state index contributed by atoms with van der Waals surface area (Å²) in [7, 11) is 0. The SMILES string of the molecule is CCCc1nc2cccc(CC(=O)c3ccc(C(=O)Nc4ccccc4N)cc3)c2c(=O)n1-c1ccccc1.Nc1ncnc2nc[nH]c12. The number of carbonyl (C=O) groups excluding carboxylic acids is 2. The standard InChI is InChI=1S/C32H28N4O3.C5H5N5/c1-2-9-29-34-27-15-8-10-23(30(27)32(39)36(29)24-11-4-3-5-12-24)20-28(37)21-16-18-22(19-17-21)31(38)35-26-14-7-6-13-25(26)33;6-4-3-5(9-1-7-3)10-2-8-4/h3-8,10-19H,2,9,20,33H2,1H3,(H,35,38);1-2H,(H3,6,7,8,9,10). The van der Waals surface area contributed by atoms with Gasteiger partial charge < -0.3 is 21.8 Å². The lowest BCUT2D eigenvalue weighted by Gasteiger charge is -2.15. The summed E-state index contributed by atoms with van der Waals surface area (Å²) in [5.41, 5.74) is 16.3. The second-order valence-electron chi connectivity index (χ2n) is 11.1. The molecule has 12 nitrogen and oxygen atoms in total. The molecule has 49 heavy (non-hydrogen) atoms. The third kappa shape index (κ3) is 7.03. The maximum Gasteiger partial charge on any atom is 0.266 e. The number of H-pyrrole nitrogens is 1. The molecule has 1 amide bonds. The molecule has 4 aromatic carbocycles. The van der Waals surface area contributed by atoms with Crippen LogP contribution in [0.1, 0.15) is 45.4 Å². The summed E-state index contributed by atoms with van der Waals surface area (Å²) < 4.78 is 1.65. The van der Waals surface area contributed by atoms with Gasteiger partial charge in [0, 0.05) is 24.0 Å². The van der Waals surface area contributed by atoms with Crippen molar-refractivity contribution < 1.29 is 9.59 Å². The number of amides is 1. The van der Waals surface area contributed by atoms with Gasteiger partial charge in [0.05, 0.1) is 34.3 Å². The summed E-state index contributed by atoms with van der Waals surface area (Å²) in [5.74, 6) is 0.639. The molecule has 0 fully saturated rings. The van der Waals surface area contributed by atoms with Gasteiger partial charge in [-0.25, -0.2) is 19.9 Å². The van der Waals surface area contributed by atoms with Gasteiger partial charge in [-0.1, -0.05) is 61.5 Å². The molecule has 0 saturated carbocycles. The number of aromatic amines is 1. The zero-order valence-corrected chi connectivity index (χ0v) is 26.6. The molecule has 0 aliphatic heterocycles. The molecule has 7 rings (SSSR count). The Hall–Kier alpha value is -6.69. The number of nitrogens with two attached hydrogens (primary N) is 2. The van der Waals surface area contributed by atoms with Crippen LogP contribution in [0.15, 0.2) is 115 Å². The summed E-state index contributed by atoms with van der Waals surface area (Å²) in [6.45, 7) is 2.05. The molecular formula is C37H33N9O3. The van der Waals surface area contributed by atoms with E-state index in [-0.39, 0.29) is 23.7 Å². The Balaban J connectivity index is 0.000000353. The third-order valence-corrected chi connectivity index (χ3v) is 7.82. The first-order chi connectivity index (χ1) is 23.8. The molecule has 3 heterocycles. The molecule has 3 aromatic heterocycles. The van der Waals surface area contributed by atoms with E-state index in [2.05, 4.69) is 25.3 Å². The van der Waals surface area contributed by atoms with Gasteiger partial charge in [0.2, 0.25) is 0 Å². The fraction of sp³-hybridized carbons (Fsp3) is 0.108. The molecule has 6 N–H and O–H groups in total. The van der Waals surface area contributed by atoms with Crippen molar-refractivity contribution in [1.82, 2.24) is 29.5 Å². The van der Waals surface area contributed by atoms with E-state index in [1.54, 1.807) is 59.2 Å². The number of nitrogen functional groups attached to an aromatic ring is 2. The van der Waals surface area contributed by atoms with Gasteiger partial charge >= 0.3 is 0 Å². The van der Waals surface area contributed by atoms with Gasteiger partial charge in [0.15, 0.2) is 17.2 Å². The summed E-state index contributed by atoms with van der Waals surface area (Å²) in [6, 6.07) is 28.3. The second kappa shape index (κ2) is 14.4. The average Bonchev–Trinajstić information content (AvgIpc) is 3.61. The lowest BCUT2D eigenvalue weighted by molar-refractivity contribution is 0.0989. The van der Waals surface area contributed by atoms with Crippen molar-refractivity contribution in [2.24, 2.45) is 0 Å². The molecule has 0 atom stereocenters. The van der Waals surface area contributed by atoms with Crippen LogP contribution in [0.2, 0.25) is 0 Å². The van der Waals surface area contributed by atoms with Crippen LogP contribution in [0.3, 0.4) is 0 Å². The molecule has 12 heteroatoms. The first kappa shape index (κ1) is 32.3. The first-order valence-electron chi connectivity index (χ1n) is 15.6. The van der Waals surface area contributed by atoms with Crippen molar-refractivity contribution >= 4 is 50.9 Å². The molecule has 0 saturated heterocycles. The minimum absolute atomic E-state index is 0.0300. The number of nitrogens with zero attached hydrogens (tertiary/aromatic N) is 5. The molecular weight excluding hydrogens is 618 g/mol. The van der Waals surface area contributed by atoms with Crippen molar-refractivity contribution in [2.75, 3.05) is 16.8 Å². The van der Waals surface area contributed by atoms with Crippen LogP contribution in [0.25, 0.3) is 27.8 Å². The van der Waals surface area contributed by atoms with E-state index in [1.807, 2.05) is 49.4 Å². The first-order valence-corrected chi connectivity index (χ1v) is 15.6. The number of para-hydroxylation sites is 3. The number of hydrogen-bond acceptors (Lipinski definition) is 9. The Morgan fingerprint density at radius 3 is 2.31 bits per heavy atom. The van der Waals surface area contributed by atoms with Crippen molar-refractivity contribution in [1.29, 1.82) is 0 Å². The predicted molar refractivity (Wildman–Crippen MR) is 191 cm³/mol. The number of imidazole rings is 1. The molecule has 0 bridgehead atoms. The number of aryl methyl sites for hydroxylation is 1. The minimum atomic E-state index is -0.323. The second-order valence-corrected chi connectivity index (χ2v) is 11.1. The predicted octanol–water partition coefficient (Wildman–Crippen LogP) is 5.53. The highest BCUT2D eigenvalue weighted by Gasteiger charge is 2.18. The molecule has 244 valence electrons. The van der Waals surface area contributed by atoms with Crippen LogP contribution < -0.4 is 22.3 Å². The highest BCUT2D eigenvalue weighted by Crippen LogP contribution is 2.21. The number of ketones is 1. The number of carbonyl (C=O) groups is 2. The molecule has 0 radical (unpaired) electrons. The number of rotatable bonds is 8. The zero-order chi connectivity index (χ0) is 34.3. The number of anilines is 3. The van der Waals surface area contributed by atoms with E-state index in [4.69, 9.17) is 16.5 Å². The molecule has 0 aliphatic carbocycles. The maximum absolute atomic E-state index is 13.8. The van der Waals surface area contributed by atoms with E-state index < -0.39 is 0 Å². The van der Waals surface area contributed by atoms with Crippen LogP contribution in [0.5, 0.6) is 0 Å². The summed E-state index contributed by atoms with van der Waals surface area (Å²) >= 11 is 0. The van der Waals surface area contributed by atoms with Crippen LogP contribution in [-0.2, 0) is 12.8 Å². The van der Waals surface area contributed by atoms with E-state index in [0.29, 0.717) is 68.2 Å². The van der Waals surface area contributed by atoms with Crippen molar-refractivity contribution in [2.45, 2.75) is 26.2 Å². The number of benzene rings is 4. The van der Waals surface area contributed by atoms with Gasteiger partial charge in [-0.05, 0) is 54.4 Å². The van der Waals surface area contributed by atoms with Gasteiger partial charge in [0.1, 0.15) is 17.7 Å². The number of nitrogens with one attached hydrogen (secondary N) is 2. The summed E-state index contributed by atoms with van der Waals surface area (Å²) in [5, 5.41) is 3.22. The minimum Gasteiger partial charge on any atom is -0.397 e. The summed E-state index contributed by atoms with van der Waals surface area (Å²) in [6.07, 6.45) is 4.45. The van der Waals surface area contributed by atoms with E-state index in [1.165, 1.54) is 12.7 Å². The molecule has 0 spiro atoms. The lowest BCUT2D eigenvalue weighted by Crippen LogP contribution is -2.25. The highest BCUT2D eigenvalue weighted by atomic mass is 16.2. The average molecular weight is 652 g/mol. The molecule has 0 unspecified atom stereocenters. The highest BCUT2D eigenvalue weighted by molar-refractivity contribution is 6.07. The van der Waals surface area contributed by atoms with Crippen molar-refractivity contribution in [3.8, 4) is 5.69 Å². The molecule has 0 aliphatic rings. The Morgan fingerprint density at radius 1 is 0.837 bits per heavy atom. The number of fused-ring (bicyclic) bond motifs is 2. The van der Waals surface area contributed by atoms with Gasteiger partial charge in [-0.15, -0.1) is 0 Å². The van der Waals surface area contributed by atoms with Crippen molar-refractivity contribution in [3.63, 3.8) is 0 Å². The summed E-state index contributed by atoms with van der Waals surface area (Å²) in [4.78, 5) is 58.9. The van der Waals surface area contributed by atoms with Gasteiger partial charge in [-0.3, -0.25) is 19.0 Å². The normalized spacial score (nSPS) is 10.8. The Morgan fingerprint density at radius 2 is 1.57 bits per heavy atom. The largest absolute Gasteiger partial charge is 0.397 e.